The first kappa shape index (κ1) is 18.2. The third-order valence-corrected chi connectivity index (χ3v) is 2.37. The molecule has 0 aromatic heterocycles. The topological polar surface area (TPSA) is 55.4 Å². The number of carbonyl (C=O) groups is 2. The third kappa shape index (κ3) is 9.14. The van der Waals surface area contributed by atoms with Crippen molar-refractivity contribution in [1.82, 2.24) is 5.32 Å². The standard InChI is InChI=1S/C13H17NO3.C3H8/c1-10(15)8-12(14-13(16)17-2)9-11-6-4-3-5-7-11;1-3-2/h3-7,12H,8-9H2,1-2H3,(H,14,16);3H2,1-2H3. The van der Waals surface area contributed by atoms with Gasteiger partial charge in [0.15, 0.2) is 0 Å². The number of benzene rings is 1. The van der Waals surface area contributed by atoms with E-state index in [-0.39, 0.29) is 11.8 Å². The second-order valence-corrected chi connectivity index (χ2v) is 4.64. The van der Waals surface area contributed by atoms with Gasteiger partial charge >= 0.3 is 6.09 Å². The molecule has 0 aliphatic heterocycles. The van der Waals surface area contributed by atoms with E-state index in [9.17, 15) is 9.59 Å². The molecule has 1 N–H and O–H groups in total. The highest BCUT2D eigenvalue weighted by atomic mass is 16.5. The second-order valence-electron chi connectivity index (χ2n) is 4.64. The summed E-state index contributed by atoms with van der Waals surface area (Å²) in [5, 5.41) is 2.66. The van der Waals surface area contributed by atoms with Crippen LogP contribution in [-0.2, 0) is 16.0 Å². The van der Waals surface area contributed by atoms with Gasteiger partial charge in [0.2, 0.25) is 0 Å². The van der Waals surface area contributed by atoms with E-state index in [2.05, 4.69) is 23.9 Å². The lowest BCUT2D eigenvalue weighted by molar-refractivity contribution is -0.117. The maximum Gasteiger partial charge on any atom is 0.407 e. The maximum atomic E-state index is 11.1. The third-order valence-electron chi connectivity index (χ3n) is 2.37. The first-order chi connectivity index (χ1) is 9.53. The molecule has 112 valence electrons. The van der Waals surface area contributed by atoms with Crippen LogP contribution < -0.4 is 5.32 Å². The lowest BCUT2D eigenvalue weighted by Crippen LogP contribution is -2.37. The minimum atomic E-state index is -0.507. The van der Waals surface area contributed by atoms with E-state index in [1.54, 1.807) is 0 Å². The second kappa shape index (κ2) is 11.0. The summed E-state index contributed by atoms with van der Waals surface area (Å²) in [7, 11) is 1.31. The van der Waals surface area contributed by atoms with Crippen LogP contribution in [0.15, 0.2) is 30.3 Å². The lowest BCUT2D eigenvalue weighted by Gasteiger charge is -2.16. The Bertz CT molecular complexity index is 390. The van der Waals surface area contributed by atoms with Crippen LogP contribution in [0, 0.1) is 0 Å². The van der Waals surface area contributed by atoms with Crippen LogP contribution in [0.2, 0.25) is 0 Å². The van der Waals surface area contributed by atoms with E-state index >= 15 is 0 Å². The molecule has 0 aliphatic carbocycles. The number of rotatable bonds is 5. The first-order valence-corrected chi connectivity index (χ1v) is 6.91. The molecule has 1 rings (SSSR count). The molecule has 0 fully saturated rings. The molecule has 0 aliphatic rings. The van der Waals surface area contributed by atoms with Crippen molar-refractivity contribution in [3.8, 4) is 0 Å². The zero-order chi connectivity index (χ0) is 15.4. The zero-order valence-electron chi connectivity index (χ0n) is 12.8. The zero-order valence-corrected chi connectivity index (χ0v) is 12.8. The van der Waals surface area contributed by atoms with Crippen LogP contribution >= 0.6 is 0 Å². The summed E-state index contributed by atoms with van der Waals surface area (Å²) in [6.07, 6.45) is 1.67. The fourth-order valence-electron chi connectivity index (χ4n) is 1.65. The van der Waals surface area contributed by atoms with E-state index in [1.165, 1.54) is 20.5 Å². The van der Waals surface area contributed by atoms with Gasteiger partial charge in [-0.2, -0.15) is 0 Å². The van der Waals surface area contributed by atoms with Crippen molar-refractivity contribution in [2.45, 2.75) is 46.1 Å². The van der Waals surface area contributed by atoms with Crippen molar-refractivity contribution < 1.29 is 14.3 Å². The summed E-state index contributed by atoms with van der Waals surface area (Å²) < 4.78 is 4.54. The van der Waals surface area contributed by atoms with Crippen LogP contribution in [0.3, 0.4) is 0 Å². The molecule has 0 bridgehead atoms. The summed E-state index contributed by atoms with van der Waals surface area (Å²) >= 11 is 0. The lowest BCUT2D eigenvalue weighted by atomic mass is 10.0. The van der Waals surface area contributed by atoms with Gasteiger partial charge in [0.25, 0.3) is 0 Å². The summed E-state index contributed by atoms with van der Waals surface area (Å²) in [5.41, 5.74) is 1.08. The highest BCUT2D eigenvalue weighted by Gasteiger charge is 2.15. The minimum absolute atomic E-state index is 0.0438. The predicted molar refractivity (Wildman–Crippen MR) is 80.7 cm³/mol. The molecule has 0 spiro atoms. The van der Waals surface area contributed by atoms with Gasteiger partial charge in [0, 0.05) is 12.5 Å². The fraction of sp³-hybridized carbons (Fsp3) is 0.500. The Kier molecular flexibility index (Phi) is 10.0. The van der Waals surface area contributed by atoms with Gasteiger partial charge in [-0.25, -0.2) is 4.79 Å². The number of hydrogen-bond acceptors (Lipinski definition) is 3. The average molecular weight is 279 g/mol. The Hall–Kier alpha value is -1.84. The summed E-state index contributed by atoms with van der Waals surface area (Å²) in [6.45, 7) is 5.76. The Balaban J connectivity index is 0.00000110. The Morgan fingerprint density at radius 1 is 1.20 bits per heavy atom. The number of Topliss-reactive ketones (excluding diaryl/α,β-unsaturated/α-hetero) is 1. The van der Waals surface area contributed by atoms with Gasteiger partial charge in [0.05, 0.1) is 7.11 Å². The molecule has 4 nitrogen and oxygen atoms in total. The van der Waals surface area contributed by atoms with E-state index in [1.807, 2.05) is 30.3 Å². The van der Waals surface area contributed by atoms with Crippen LogP contribution in [-0.4, -0.2) is 25.0 Å². The Morgan fingerprint density at radius 2 is 1.75 bits per heavy atom. The van der Waals surface area contributed by atoms with Crippen molar-refractivity contribution >= 4 is 11.9 Å². The van der Waals surface area contributed by atoms with E-state index in [0.717, 1.165) is 5.56 Å². The number of methoxy groups -OCH3 is 1. The Morgan fingerprint density at radius 3 is 2.20 bits per heavy atom. The van der Waals surface area contributed by atoms with E-state index < -0.39 is 6.09 Å². The molecular weight excluding hydrogens is 254 g/mol. The predicted octanol–water partition coefficient (Wildman–Crippen LogP) is 3.35. The maximum absolute atomic E-state index is 11.1. The van der Waals surface area contributed by atoms with Crippen molar-refractivity contribution in [1.29, 1.82) is 0 Å². The molecule has 20 heavy (non-hydrogen) atoms. The van der Waals surface area contributed by atoms with Gasteiger partial charge in [-0.3, -0.25) is 4.79 Å². The molecule has 1 atom stereocenters. The highest BCUT2D eigenvalue weighted by Crippen LogP contribution is 2.06. The van der Waals surface area contributed by atoms with Crippen LogP contribution in [0.5, 0.6) is 0 Å². The normalized spacial score (nSPS) is 10.8. The SMILES string of the molecule is CCC.COC(=O)NC(CC(C)=O)Cc1ccccc1. The van der Waals surface area contributed by atoms with Crippen LogP contribution in [0.1, 0.15) is 39.2 Å². The van der Waals surface area contributed by atoms with E-state index in [0.29, 0.717) is 12.8 Å². The summed E-state index contributed by atoms with van der Waals surface area (Å²) in [4.78, 5) is 22.3. The van der Waals surface area contributed by atoms with Crippen LogP contribution in [0.25, 0.3) is 0 Å². The average Bonchev–Trinajstić information content (AvgIpc) is 2.39. The molecule has 1 aromatic carbocycles. The van der Waals surface area contributed by atoms with Crippen molar-refractivity contribution in [2.24, 2.45) is 0 Å². The van der Waals surface area contributed by atoms with Crippen molar-refractivity contribution in [3.63, 3.8) is 0 Å². The highest BCUT2D eigenvalue weighted by molar-refractivity contribution is 5.77. The van der Waals surface area contributed by atoms with Crippen molar-refractivity contribution in [3.05, 3.63) is 35.9 Å². The molecule has 0 radical (unpaired) electrons. The number of ether oxygens (including phenoxy) is 1. The smallest absolute Gasteiger partial charge is 0.407 e. The molecule has 0 heterocycles. The van der Waals surface area contributed by atoms with Crippen molar-refractivity contribution in [2.75, 3.05) is 7.11 Å². The quantitative estimate of drug-likeness (QED) is 0.899. The number of carbonyl (C=O) groups excluding carboxylic acids is 2. The summed E-state index contributed by atoms with van der Waals surface area (Å²) in [5.74, 6) is 0.0438. The first-order valence-electron chi connectivity index (χ1n) is 6.91. The minimum Gasteiger partial charge on any atom is -0.453 e. The van der Waals surface area contributed by atoms with Crippen LogP contribution in [0.4, 0.5) is 4.79 Å². The van der Waals surface area contributed by atoms with E-state index in [4.69, 9.17) is 0 Å². The molecule has 0 saturated heterocycles. The molecule has 4 heteroatoms. The molecule has 1 unspecified atom stereocenters. The number of nitrogens with one attached hydrogen (secondary N) is 1. The van der Waals surface area contributed by atoms with Gasteiger partial charge in [-0.1, -0.05) is 50.6 Å². The largest absolute Gasteiger partial charge is 0.453 e. The number of alkyl carbamates (subject to hydrolysis) is 1. The van der Waals surface area contributed by atoms with Gasteiger partial charge in [0.1, 0.15) is 5.78 Å². The Labute approximate surface area is 121 Å². The summed E-state index contributed by atoms with van der Waals surface area (Å²) in [6, 6.07) is 9.49. The number of ketones is 1. The van der Waals surface area contributed by atoms with Gasteiger partial charge in [-0.15, -0.1) is 0 Å². The number of amides is 1. The van der Waals surface area contributed by atoms with Gasteiger partial charge < -0.3 is 10.1 Å². The monoisotopic (exact) mass is 279 g/mol. The number of hydrogen-bond donors (Lipinski definition) is 1. The van der Waals surface area contributed by atoms with Gasteiger partial charge in [-0.05, 0) is 18.9 Å². The molecular formula is C16H25NO3. The molecule has 1 aromatic rings. The molecule has 1 amide bonds. The fourth-order valence-corrected chi connectivity index (χ4v) is 1.65. The molecule has 0 saturated carbocycles.